The summed E-state index contributed by atoms with van der Waals surface area (Å²) in [6, 6.07) is 1.23. The Kier molecular flexibility index (Phi) is 3.22. The van der Waals surface area contributed by atoms with Crippen LogP contribution in [0.1, 0.15) is 45.4 Å². The standard InChI is InChI=1S/C14H25N3O/c1-3-18-12-9-11(14(12)7-4-8-14)17-13(15-2)16-10-5-6-10/h10-12H,3-9H2,1-2H3,(H2,15,16,17). The number of hydrogen-bond donors (Lipinski definition) is 2. The van der Waals surface area contributed by atoms with Gasteiger partial charge in [-0.3, -0.25) is 4.99 Å². The highest BCUT2D eigenvalue weighted by molar-refractivity contribution is 5.80. The SMILES string of the molecule is CCOC1CC(NC(=NC)NC2CC2)C12CCC2. The molecule has 0 saturated heterocycles. The lowest BCUT2D eigenvalue weighted by Crippen LogP contribution is -2.68. The van der Waals surface area contributed by atoms with Gasteiger partial charge < -0.3 is 15.4 Å². The van der Waals surface area contributed by atoms with E-state index in [0.29, 0.717) is 23.6 Å². The average Bonchev–Trinajstić information content (AvgIpc) is 3.07. The van der Waals surface area contributed by atoms with Crippen molar-refractivity contribution in [2.24, 2.45) is 10.4 Å². The highest BCUT2D eigenvalue weighted by Crippen LogP contribution is 2.57. The van der Waals surface area contributed by atoms with Crippen LogP contribution in [0.4, 0.5) is 0 Å². The summed E-state index contributed by atoms with van der Waals surface area (Å²) in [4.78, 5) is 4.34. The first-order chi connectivity index (χ1) is 8.78. The molecule has 2 unspecified atom stereocenters. The normalized spacial score (nSPS) is 33.8. The molecular formula is C14H25N3O. The average molecular weight is 251 g/mol. The molecule has 18 heavy (non-hydrogen) atoms. The zero-order valence-electron chi connectivity index (χ0n) is 11.5. The first-order valence-electron chi connectivity index (χ1n) is 7.40. The number of rotatable bonds is 4. The number of nitrogens with zero attached hydrogens (tertiary/aromatic N) is 1. The summed E-state index contributed by atoms with van der Waals surface area (Å²) in [6.07, 6.45) is 8.19. The molecule has 0 radical (unpaired) electrons. The van der Waals surface area contributed by atoms with E-state index in [1.54, 1.807) is 0 Å². The zero-order chi connectivity index (χ0) is 12.6. The van der Waals surface area contributed by atoms with Crippen molar-refractivity contribution in [2.75, 3.05) is 13.7 Å². The third-order valence-electron chi connectivity index (χ3n) is 4.89. The van der Waals surface area contributed by atoms with Gasteiger partial charge in [0.15, 0.2) is 5.96 Å². The van der Waals surface area contributed by atoms with Crippen LogP contribution in [0.5, 0.6) is 0 Å². The lowest BCUT2D eigenvalue weighted by molar-refractivity contribution is -0.168. The predicted molar refractivity (Wildman–Crippen MR) is 72.8 cm³/mol. The monoisotopic (exact) mass is 251 g/mol. The first kappa shape index (κ1) is 12.3. The molecule has 0 amide bonds. The van der Waals surface area contributed by atoms with Crippen LogP contribution in [0.3, 0.4) is 0 Å². The number of guanidine groups is 1. The van der Waals surface area contributed by atoms with Gasteiger partial charge in [0, 0.05) is 31.2 Å². The quantitative estimate of drug-likeness (QED) is 0.590. The van der Waals surface area contributed by atoms with Crippen molar-refractivity contribution in [3.05, 3.63) is 0 Å². The minimum absolute atomic E-state index is 0.414. The van der Waals surface area contributed by atoms with Crippen molar-refractivity contribution in [3.63, 3.8) is 0 Å². The molecule has 3 aliphatic carbocycles. The van der Waals surface area contributed by atoms with E-state index in [1.807, 2.05) is 7.05 Å². The molecule has 3 saturated carbocycles. The van der Waals surface area contributed by atoms with Gasteiger partial charge in [0.05, 0.1) is 6.10 Å². The molecule has 2 atom stereocenters. The van der Waals surface area contributed by atoms with E-state index in [-0.39, 0.29) is 0 Å². The molecule has 0 bridgehead atoms. The molecule has 3 rings (SSSR count). The largest absolute Gasteiger partial charge is 0.378 e. The maximum absolute atomic E-state index is 5.87. The molecule has 0 aromatic rings. The van der Waals surface area contributed by atoms with Gasteiger partial charge in [-0.05, 0) is 39.0 Å². The zero-order valence-corrected chi connectivity index (χ0v) is 11.5. The van der Waals surface area contributed by atoms with Gasteiger partial charge in [-0.1, -0.05) is 6.42 Å². The number of ether oxygens (including phenoxy) is 1. The predicted octanol–water partition coefficient (Wildman–Crippen LogP) is 1.66. The van der Waals surface area contributed by atoms with E-state index < -0.39 is 0 Å². The lowest BCUT2D eigenvalue weighted by atomic mass is 9.51. The molecule has 0 aromatic heterocycles. The minimum Gasteiger partial charge on any atom is -0.378 e. The summed E-state index contributed by atoms with van der Waals surface area (Å²) in [5.74, 6) is 0.990. The van der Waals surface area contributed by atoms with E-state index in [2.05, 4.69) is 22.5 Å². The highest BCUT2D eigenvalue weighted by atomic mass is 16.5. The lowest BCUT2D eigenvalue weighted by Gasteiger charge is -2.61. The summed E-state index contributed by atoms with van der Waals surface area (Å²) in [5, 5.41) is 7.09. The number of aliphatic imine (C=N–C) groups is 1. The van der Waals surface area contributed by atoms with E-state index in [1.165, 1.54) is 32.1 Å². The van der Waals surface area contributed by atoms with Crippen LogP contribution in [0.2, 0.25) is 0 Å². The van der Waals surface area contributed by atoms with E-state index in [9.17, 15) is 0 Å². The molecule has 4 nitrogen and oxygen atoms in total. The highest BCUT2D eigenvalue weighted by Gasteiger charge is 2.59. The minimum atomic E-state index is 0.414. The molecular weight excluding hydrogens is 226 g/mol. The maximum atomic E-state index is 5.87. The van der Waals surface area contributed by atoms with Gasteiger partial charge in [-0.15, -0.1) is 0 Å². The third-order valence-corrected chi connectivity index (χ3v) is 4.89. The Hall–Kier alpha value is -0.770. The molecule has 2 N–H and O–H groups in total. The van der Waals surface area contributed by atoms with Crippen molar-refractivity contribution in [1.29, 1.82) is 0 Å². The van der Waals surface area contributed by atoms with Gasteiger partial charge in [-0.2, -0.15) is 0 Å². The Morgan fingerprint density at radius 1 is 1.33 bits per heavy atom. The van der Waals surface area contributed by atoms with Crippen molar-refractivity contribution in [1.82, 2.24) is 10.6 Å². The van der Waals surface area contributed by atoms with Crippen LogP contribution in [-0.2, 0) is 4.74 Å². The van der Waals surface area contributed by atoms with Crippen molar-refractivity contribution in [3.8, 4) is 0 Å². The van der Waals surface area contributed by atoms with Crippen molar-refractivity contribution < 1.29 is 4.74 Å². The van der Waals surface area contributed by atoms with Crippen molar-refractivity contribution >= 4 is 5.96 Å². The van der Waals surface area contributed by atoms with Crippen LogP contribution in [-0.4, -0.2) is 37.8 Å². The van der Waals surface area contributed by atoms with Gasteiger partial charge in [-0.25, -0.2) is 0 Å². The Labute approximate surface area is 110 Å². The fraction of sp³-hybridized carbons (Fsp3) is 0.929. The van der Waals surface area contributed by atoms with E-state index in [0.717, 1.165) is 19.0 Å². The summed E-state index contributed by atoms with van der Waals surface area (Å²) in [5.41, 5.74) is 0.414. The first-order valence-corrected chi connectivity index (χ1v) is 7.40. The molecule has 4 heteroatoms. The molecule has 1 spiro atoms. The summed E-state index contributed by atoms with van der Waals surface area (Å²) >= 11 is 0. The molecule has 0 heterocycles. The number of nitrogens with one attached hydrogen (secondary N) is 2. The third kappa shape index (κ3) is 2.00. The fourth-order valence-corrected chi connectivity index (χ4v) is 3.40. The van der Waals surface area contributed by atoms with Gasteiger partial charge in [0.1, 0.15) is 0 Å². The second-order valence-electron chi connectivity index (χ2n) is 5.95. The summed E-state index contributed by atoms with van der Waals surface area (Å²) in [7, 11) is 1.86. The Morgan fingerprint density at radius 2 is 2.11 bits per heavy atom. The number of hydrogen-bond acceptors (Lipinski definition) is 2. The van der Waals surface area contributed by atoms with E-state index >= 15 is 0 Å². The van der Waals surface area contributed by atoms with Gasteiger partial charge in [0.2, 0.25) is 0 Å². The topological polar surface area (TPSA) is 45.6 Å². The Balaban J connectivity index is 1.56. The van der Waals surface area contributed by atoms with Crippen LogP contribution in [0.15, 0.2) is 4.99 Å². The van der Waals surface area contributed by atoms with Crippen LogP contribution < -0.4 is 10.6 Å². The molecule has 0 aliphatic heterocycles. The van der Waals surface area contributed by atoms with Gasteiger partial charge >= 0.3 is 0 Å². The Bertz CT molecular complexity index is 334. The van der Waals surface area contributed by atoms with E-state index in [4.69, 9.17) is 4.74 Å². The summed E-state index contributed by atoms with van der Waals surface area (Å²) in [6.45, 7) is 2.94. The maximum Gasteiger partial charge on any atom is 0.191 e. The molecule has 3 aliphatic rings. The second kappa shape index (κ2) is 4.72. The van der Waals surface area contributed by atoms with Crippen LogP contribution in [0.25, 0.3) is 0 Å². The van der Waals surface area contributed by atoms with Crippen LogP contribution >= 0.6 is 0 Å². The van der Waals surface area contributed by atoms with Crippen molar-refractivity contribution in [2.45, 2.75) is 63.6 Å². The Morgan fingerprint density at radius 3 is 2.61 bits per heavy atom. The second-order valence-corrected chi connectivity index (χ2v) is 5.95. The van der Waals surface area contributed by atoms with Crippen LogP contribution in [0, 0.1) is 5.41 Å². The summed E-state index contributed by atoms with van der Waals surface area (Å²) < 4.78 is 5.87. The smallest absolute Gasteiger partial charge is 0.191 e. The van der Waals surface area contributed by atoms with Gasteiger partial charge in [0.25, 0.3) is 0 Å². The fourth-order valence-electron chi connectivity index (χ4n) is 3.40. The molecule has 0 aromatic carbocycles. The molecule has 3 fully saturated rings. The molecule has 102 valence electrons.